The van der Waals surface area contributed by atoms with Gasteiger partial charge in [0.15, 0.2) is 0 Å². The van der Waals surface area contributed by atoms with Gasteiger partial charge in [0.05, 0.1) is 0 Å². The monoisotopic (exact) mass is 338 g/mol. The lowest BCUT2D eigenvalue weighted by atomic mass is 9.93. The minimum atomic E-state index is -0.898. The van der Waals surface area contributed by atoms with Crippen molar-refractivity contribution in [1.82, 2.24) is 0 Å². The first-order valence-electron chi connectivity index (χ1n) is 8.12. The molecule has 1 unspecified atom stereocenters. The lowest BCUT2D eigenvalue weighted by Gasteiger charge is -2.36. The summed E-state index contributed by atoms with van der Waals surface area (Å²) in [4.78, 5) is 0. The Bertz CT molecular complexity index is 215. The highest BCUT2D eigenvalue weighted by molar-refractivity contribution is 8.68. The van der Waals surface area contributed by atoms with Crippen LogP contribution in [0.15, 0.2) is 0 Å². The smallest absolute Gasteiger partial charge is 0.285 e. The average molecular weight is 339 g/mol. The maximum Gasteiger partial charge on any atom is 0.285 e. The molecular weight excluding hydrogens is 304 g/mol. The molecule has 0 saturated heterocycles. The summed E-state index contributed by atoms with van der Waals surface area (Å²) < 4.78 is 16.7. The molecule has 0 radical (unpaired) electrons. The molecule has 0 aromatic carbocycles. The Morgan fingerprint density at radius 2 is 1.38 bits per heavy atom. The van der Waals surface area contributed by atoms with Gasteiger partial charge in [0.1, 0.15) is 0 Å². The van der Waals surface area contributed by atoms with Gasteiger partial charge in [0.25, 0.3) is 5.97 Å². The summed E-state index contributed by atoms with van der Waals surface area (Å²) in [5.74, 6) is 0.415. The van der Waals surface area contributed by atoms with Crippen LogP contribution in [0.4, 0.5) is 0 Å². The predicted octanol–water partition coefficient (Wildman–Crippen LogP) is 5.30. The van der Waals surface area contributed by atoms with Gasteiger partial charge in [-0.05, 0) is 19.3 Å². The van der Waals surface area contributed by atoms with Crippen LogP contribution in [0.2, 0.25) is 0 Å². The van der Waals surface area contributed by atoms with E-state index in [9.17, 15) is 0 Å². The minimum Gasteiger partial charge on any atom is -0.331 e. The fourth-order valence-corrected chi connectivity index (χ4v) is 3.50. The van der Waals surface area contributed by atoms with Crippen molar-refractivity contribution in [3.8, 4) is 0 Å². The van der Waals surface area contributed by atoms with Gasteiger partial charge in [0, 0.05) is 33.0 Å². The summed E-state index contributed by atoms with van der Waals surface area (Å²) in [5.41, 5.74) is 0. The van der Waals surface area contributed by atoms with Crippen molar-refractivity contribution in [1.29, 1.82) is 0 Å². The Kier molecular flexibility index (Phi) is 14.6. The van der Waals surface area contributed by atoms with E-state index in [-0.39, 0.29) is 5.92 Å². The maximum absolute atomic E-state index is 5.55. The van der Waals surface area contributed by atoms with Crippen LogP contribution >= 0.6 is 22.5 Å². The summed E-state index contributed by atoms with van der Waals surface area (Å²) in [6.45, 7) is 2.25. The molecule has 5 heteroatoms. The van der Waals surface area contributed by atoms with Crippen molar-refractivity contribution in [2.75, 3.05) is 27.1 Å². The molecule has 0 aliphatic rings. The van der Waals surface area contributed by atoms with E-state index in [2.05, 4.69) is 18.6 Å². The standard InChI is InChI=1S/C16H34O3S2/c1-5-6-7-8-9-10-12-15(13-11-14-21-20)16(17-2,18-3)19-4/h15,20H,5-14H2,1-4H3. The van der Waals surface area contributed by atoms with Crippen molar-refractivity contribution in [2.24, 2.45) is 5.92 Å². The highest BCUT2D eigenvalue weighted by atomic mass is 33.1. The van der Waals surface area contributed by atoms with Crippen LogP contribution < -0.4 is 0 Å². The lowest BCUT2D eigenvalue weighted by molar-refractivity contribution is -0.380. The topological polar surface area (TPSA) is 27.7 Å². The van der Waals surface area contributed by atoms with Gasteiger partial charge in [-0.1, -0.05) is 56.2 Å². The van der Waals surface area contributed by atoms with Gasteiger partial charge in [0.2, 0.25) is 0 Å². The Morgan fingerprint density at radius 1 is 0.857 bits per heavy atom. The van der Waals surface area contributed by atoms with Crippen molar-refractivity contribution >= 4 is 22.5 Å². The van der Waals surface area contributed by atoms with E-state index in [0.29, 0.717) is 0 Å². The molecule has 0 N–H and O–H groups in total. The van der Waals surface area contributed by atoms with E-state index in [1.807, 2.05) is 0 Å². The van der Waals surface area contributed by atoms with Gasteiger partial charge in [-0.2, -0.15) is 0 Å². The predicted molar refractivity (Wildman–Crippen MR) is 95.9 cm³/mol. The Hall–Kier alpha value is 0.580. The molecule has 0 amide bonds. The molecule has 0 aliphatic heterocycles. The second-order valence-electron chi connectivity index (χ2n) is 5.44. The highest BCUT2D eigenvalue weighted by Gasteiger charge is 2.39. The zero-order valence-corrected chi connectivity index (χ0v) is 15.9. The van der Waals surface area contributed by atoms with E-state index in [0.717, 1.165) is 25.0 Å². The van der Waals surface area contributed by atoms with Crippen molar-refractivity contribution in [3.63, 3.8) is 0 Å². The van der Waals surface area contributed by atoms with Crippen LogP contribution in [0, 0.1) is 5.92 Å². The van der Waals surface area contributed by atoms with Gasteiger partial charge in [-0.25, -0.2) is 0 Å². The third-order valence-electron chi connectivity index (χ3n) is 4.05. The van der Waals surface area contributed by atoms with E-state index < -0.39 is 5.97 Å². The van der Waals surface area contributed by atoms with E-state index in [1.165, 1.54) is 38.5 Å². The summed E-state index contributed by atoms with van der Waals surface area (Å²) >= 11 is 4.21. The molecule has 0 fully saturated rings. The van der Waals surface area contributed by atoms with Crippen LogP contribution in [0.5, 0.6) is 0 Å². The Labute approximate surface area is 140 Å². The maximum atomic E-state index is 5.55. The molecule has 1 atom stereocenters. The summed E-state index contributed by atoms with van der Waals surface area (Å²) in [7, 11) is 6.57. The van der Waals surface area contributed by atoms with Crippen LogP contribution in [-0.4, -0.2) is 33.1 Å². The molecule has 0 aromatic rings. The number of methoxy groups -OCH3 is 3. The summed E-state index contributed by atoms with van der Waals surface area (Å²) in [6, 6.07) is 0. The molecule has 0 aliphatic carbocycles. The average Bonchev–Trinajstić information content (AvgIpc) is 2.52. The first kappa shape index (κ1) is 21.6. The summed E-state index contributed by atoms with van der Waals surface area (Å²) in [5, 5.41) is 0. The first-order valence-corrected chi connectivity index (χ1v) is 10.2. The van der Waals surface area contributed by atoms with Crippen molar-refractivity contribution in [2.45, 2.75) is 70.7 Å². The molecule has 0 spiro atoms. The van der Waals surface area contributed by atoms with Crippen LogP contribution in [0.3, 0.4) is 0 Å². The number of rotatable bonds is 15. The van der Waals surface area contributed by atoms with Crippen LogP contribution in [0.1, 0.15) is 64.7 Å². The van der Waals surface area contributed by atoms with Gasteiger partial charge in [-0.15, -0.1) is 11.7 Å². The van der Waals surface area contributed by atoms with Crippen molar-refractivity contribution < 1.29 is 14.2 Å². The molecule has 3 nitrogen and oxygen atoms in total. The Morgan fingerprint density at radius 3 is 1.90 bits per heavy atom. The quantitative estimate of drug-likeness (QED) is 0.190. The second kappa shape index (κ2) is 14.2. The third kappa shape index (κ3) is 8.70. The van der Waals surface area contributed by atoms with Crippen LogP contribution in [0.25, 0.3) is 0 Å². The Balaban J connectivity index is 4.30. The number of unbranched alkanes of at least 4 members (excludes halogenated alkanes) is 5. The summed E-state index contributed by atoms with van der Waals surface area (Å²) in [6.07, 6.45) is 11.0. The molecule has 0 saturated carbocycles. The van der Waals surface area contributed by atoms with E-state index in [1.54, 1.807) is 32.1 Å². The first-order chi connectivity index (χ1) is 10.2. The normalized spacial score (nSPS) is 13.6. The highest BCUT2D eigenvalue weighted by Crippen LogP contribution is 2.32. The second-order valence-corrected chi connectivity index (χ2v) is 6.89. The van der Waals surface area contributed by atoms with E-state index >= 15 is 0 Å². The number of ether oxygens (including phenoxy) is 3. The molecule has 0 rings (SSSR count). The zero-order valence-electron chi connectivity index (χ0n) is 14.2. The molecule has 0 aromatic heterocycles. The van der Waals surface area contributed by atoms with Gasteiger partial charge in [-0.3, -0.25) is 0 Å². The van der Waals surface area contributed by atoms with Gasteiger partial charge < -0.3 is 14.2 Å². The van der Waals surface area contributed by atoms with Crippen molar-refractivity contribution in [3.05, 3.63) is 0 Å². The molecule has 128 valence electrons. The van der Waals surface area contributed by atoms with E-state index in [4.69, 9.17) is 14.2 Å². The largest absolute Gasteiger partial charge is 0.331 e. The molecular formula is C16H34O3S2. The third-order valence-corrected chi connectivity index (χ3v) is 5.07. The molecule has 0 heterocycles. The lowest BCUT2D eigenvalue weighted by Crippen LogP contribution is -2.44. The number of hydrogen-bond donors (Lipinski definition) is 1. The fourth-order valence-electron chi connectivity index (χ4n) is 2.81. The molecule has 0 bridgehead atoms. The molecule has 21 heavy (non-hydrogen) atoms. The number of hydrogen-bond acceptors (Lipinski definition) is 5. The fraction of sp³-hybridized carbons (Fsp3) is 1.00. The van der Waals surface area contributed by atoms with Crippen LogP contribution in [-0.2, 0) is 14.2 Å². The minimum absolute atomic E-state index is 0.268. The zero-order chi connectivity index (χ0) is 16.0. The number of thiol groups is 1. The van der Waals surface area contributed by atoms with Gasteiger partial charge >= 0.3 is 0 Å². The SMILES string of the molecule is CCCCCCCCC(CCCSS)C(OC)(OC)OC.